The molecule has 0 aromatic heterocycles. The molecular weight excluding hydrogens is 379 g/mol. The zero-order valence-electron chi connectivity index (χ0n) is 15.7. The Morgan fingerprint density at radius 2 is 1.86 bits per heavy atom. The topological polar surface area (TPSA) is 92.8 Å². The number of nitrogens with one attached hydrogen (secondary N) is 1. The number of carbonyl (C=O) groups is 4. The fraction of sp³-hybridized carbons (Fsp3) is 0.238. The second-order valence-electron chi connectivity index (χ2n) is 6.75. The molecule has 1 aliphatic heterocycles. The van der Waals surface area contributed by atoms with Crippen molar-refractivity contribution < 1.29 is 28.3 Å². The van der Waals surface area contributed by atoms with Gasteiger partial charge in [0.25, 0.3) is 5.91 Å². The minimum atomic E-state index is -0.790. The van der Waals surface area contributed by atoms with Gasteiger partial charge in [-0.2, -0.15) is 0 Å². The summed E-state index contributed by atoms with van der Waals surface area (Å²) in [7, 11) is 0. The largest absolute Gasteiger partial charge is 0.457 e. The average molecular weight is 398 g/mol. The minimum Gasteiger partial charge on any atom is -0.457 e. The standard InChI is InChI=1S/C21H19FN2O5/c1-13-3-2-4-15(9-13)20(27)23-24-11-16(10-19(24)26)21(28)29-12-18(25)14-5-7-17(22)8-6-14/h2-9,16H,10-12H2,1H3,(H,23,27)/t16-/m1/s1. The molecule has 150 valence electrons. The summed E-state index contributed by atoms with van der Waals surface area (Å²) in [5, 5.41) is 1.08. The molecule has 2 aromatic carbocycles. The summed E-state index contributed by atoms with van der Waals surface area (Å²) in [6.07, 6.45) is -0.127. The Bertz CT molecular complexity index is 958. The Hall–Kier alpha value is -3.55. The molecule has 1 atom stereocenters. The van der Waals surface area contributed by atoms with Crippen LogP contribution in [0.3, 0.4) is 0 Å². The van der Waals surface area contributed by atoms with Crippen molar-refractivity contribution in [2.24, 2.45) is 5.92 Å². The van der Waals surface area contributed by atoms with Crippen LogP contribution in [0.15, 0.2) is 48.5 Å². The number of hydrogen-bond donors (Lipinski definition) is 1. The van der Waals surface area contributed by atoms with Gasteiger partial charge in [-0.15, -0.1) is 0 Å². The maximum Gasteiger partial charge on any atom is 0.311 e. The number of rotatable bonds is 6. The molecule has 29 heavy (non-hydrogen) atoms. The molecule has 1 N–H and O–H groups in total. The molecular formula is C21H19FN2O5. The van der Waals surface area contributed by atoms with Gasteiger partial charge in [-0.3, -0.25) is 29.6 Å². The van der Waals surface area contributed by atoms with Gasteiger partial charge in [-0.05, 0) is 43.3 Å². The van der Waals surface area contributed by atoms with E-state index in [2.05, 4.69) is 5.43 Å². The summed E-state index contributed by atoms with van der Waals surface area (Å²) >= 11 is 0. The van der Waals surface area contributed by atoms with Crippen molar-refractivity contribution in [3.8, 4) is 0 Å². The van der Waals surface area contributed by atoms with Crippen LogP contribution in [0.5, 0.6) is 0 Å². The number of esters is 1. The Morgan fingerprint density at radius 3 is 2.55 bits per heavy atom. The van der Waals surface area contributed by atoms with Gasteiger partial charge in [-0.25, -0.2) is 4.39 Å². The van der Waals surface area contributed by atoms with Gasteiger partial charge in [0.1, 0.15) is 5.82 Å². The Balaban J connectivity index is 1.52. The predicted octanol–water partition coefficient (Wildman–Crippen LogP) is 2.05. The van der Waals surface area contributed by atoms with Crippen molar-refractivity contribution in [2.45, 2.75) is 13.3 Å². The fourth-order valence-corrected chi connectivity index (χ4v) is 2.92. The molecule has 8 heteroatoms. The summed E-state index contributed by atoms with van der Waals surface area (Å²) in [6, 6.07) is 11.8. The summed E-state index contributed by atoms with van der Waals surface area (Å²) in [6.45, 7) is 1.29. The first-order valence-electron chi connectivity index (χ1n) is 8.97. The highest BCUT2D eigenvalue weighted by Crippen LogP contribution is 2.18. The van der Waals surface area contributed by atoms with Crippen molar-refractivity contribution >= 4 is 23.6 Å². The molecule has 0 bridgehead atoms. The Labute approximate surface area is 166 Å². The van der Waals surface area contributed by atoms with E-state index in [1.54, 1.807) is 18.2 Å². The maximum atomic E-state index is 12.9. The van der Waals surface area contributed by atoms with Crippen molar-refractivity contribution in [2.75, 3.05) is 13.2 Å². The molecule has 2 aromatic rings. The number of amides is 2. The average Bonchev–Trinajstić information content (AvgIpc) is 3.07. The van der Waals surface area contributed by atoms with E-state index in [0.717, 1.165) is 22.7 Å². The zero-order chi connectivity index (χ0) is 21.0. The van der Waals surface area contributed by atoms with Gasteiger partial charge in [0, 0.05) is 17.5 Å². The van der Waals surface area contributed by atoms with Crippen molar-refractivity contribution in [1.82, 2.24) is 10.4 Å². The molecule has 2 amide bonds. The summed E-state index contributed by atoms with van der Waals surface area (Å²) < 4.78 is 17.9. The molecule has 0 spiro atoms. The highest BCUT2D eigenvalue weighted by atomic mass is 19.1. The smallest absolute Gasteiger partial charge is 0.311 e. The molecule has 0 aliphatic carbocycles. The van der Waals surface area contributed by atoms with Crippen LogP contribution in [-0.4, -0.2) is 41.7 Å². The molecule has 0 saturated carbocycles. The number of ether oxygens (including phenoxy) is 1. The number of carbonyl (C=O) groups excluding carboxylic acids is 4. The normalized spacial score (nSPS) is 15.9. The van der Waals surface area contributed by atoms with Crippen molar-refractivity contribution in [3.05, 3.63) is 71.0 Å². The van der Waals surface area contributed by atoms with Crippen LogP contribution in [-0.2, 0) is 14.3 Å². The lowest BCUT2D eigenvalue weighted by Gasteiger charge is -2.17. The van der Waals surface area contributed by atoms with E-state index in [1.807, 2.05) is 13.0 Å². The van der Waals surface area contributed by atoms with Gasteiger partial charge >= 0.3 is 5.97 Å². The quantitative estimate of drug-likeness (QED) is 0.594. The van der Waals surface area contributed by atoms with Gasteiger partial charge in [0.05, 0.1) is 12.5 Å². The molecule has 0 unspecified atom stereocenters. The van der Waals surface area contributed by atoms with Crippen LogP contribution in [0.25, 0.3) is 0 Å². The maximum absolute atomic E-state index is 12.9. The van der Waals surface area contributed by atoms with E-state index in [-0.39, 0.29) is 18.5 Å². The molecule has 7 nitrogen and oxygen atoms in total. The highest BCUT2D eigenvalue weighted by molar-refractivity contribution is 5.99. The zero-order valence-corrected chi connectivity index (χ0v) is 15.7. The first kappa shape index (κ1) is 20.2. The van der Waals surface area contributed by atoms with E-state index in [9.17, 15) is 23.6 Å². The lowest BCUT2D eigenvalue weighted by atomic mass is 10.1. The lowest BCUT2D eigenvalue weighted by molar-refractivity contribution is -0.147. The van der Waals surface area contributed by atoms with Crippen molar-refractivity contribution in [1.29, 1.82) is 0 Å². The summed E-state index contributed by atoms with van der Waals surface area (Å²) in [5.41, 5.74) is 4.00. The number of hydrazine groups is 1. The fourth-order valence-electron chi connectivity index (χ4n) is 2.92. The number of halogens is 1. The molecule has 0 radical (unpaired) electrons. The summed E-state index contributed by atoms with van der Waals surface area (Å²) in [4.78, 5) is 48.6. The highest BCUT2D eigenvalue weighted by Gasteiger charge is 2.36. The molecule has 1 heterocycles. The number of ketones is 1. The van der Waals surface area contributed by atoms with Gasteiger partial charge in [0.2, 0.25) is 5.91 Å². The van der Waals surface area contributed by atoms with Crippen LogP contribution in [0.1, 0.15) is 32.7 Å². The van der Waals surface area contributed by atoms with Crippen molar-refractivity contribution in [3.63, 3.8) is 0 Å². The van der Waals surface area contributed by atoms with Crippen LogP contribution in [0, 0.1) is 18.7 Å². The second-order valence-corrected chi connectivity index (χ2v) is 6.75. The van der Waals surface area contributed by atoms with E-state index in [4.69, 9.17) is 4.74 Å². The van der Waals surface area contributed by atoms with Crippen LogP contribution >= 0.6 is 0 Å². The number of nitrogens with zero attached hydrogens (tertiary/aromatic N) is 1. The molecule has 3 rings (SSSR count). The van der Waals surface area contributed by atoms with Crippen LogP contribution in [0.2, 0.25) is 0 Å². The van der Waals surface area contributed by atoms with Crippen LogP contribution < -0.4 is 5.43 Å². The number of aryl methyl sites for hydroxylation is 1. The molecule has 1 aliphatic rings. The first-order chi connectivity index (χ1) is 13.8. The third-order valence-electron chi connectivity index (χ3n) is 4.49. The minimum absolute atomic E-state index is 0.0417. The van der Waals surface area contributed by atoms with E-state index in [0.29, 0.717) is 5.56 Å². The Kier molecular flexibility index (Phi) is 6.01. The second kappa shape index (κ2) is 8.64. The number of benzene rings is 2. The summed E-state index contributed by atoms with van der Waals surface area (Å²) in [5.74, 6) is -3.33. The van der Waals surface area contributed by atoms with Gasteiger partial charge in [0.15, 0.2) is 12.4 Å². The Morgan fingerprint density at radius 1 is 1.14 bits per heavy atom. The SMILES string of the molecule is Cc1cccc(C(=O)NN2C[C@H](C(=O)OCC(=O)c3ccc(F)cc3)CC2=O)c1. The van der Waals surface area contributed by atoms with E-state index >= 15 is 0 Å². The third-order valence-corrected chi connectivity index (χ3v) is 4.49. The van der Waals surface area contributed by atoms with E-state index < -0.39 is 41.9 Å². The predicted molar refractivity (Wildman–Crippen MR) is 100 cm³/mol. The monoisotopic (exact) mass is 398 g/mol. The third kappa shape index (κ3) is 5.04. The molecule has 1 fully saturated rings. The lowest BCUT2D eigenvalue weighted by Crippen LogP contribution is -2.43. The van der Waals surface area contributed by atoms with Gasteiger partial charge < -0.3 is 4.74 Å². The molecule has 1 saturated heterocycles. The number of hydrogen-bond acceptors (Lipinski definition) is 5. The first-order valence-corrected chi connectivity index (χ1v) is 8.97. The van der Waals surface area contributed by atoms with Gasteiger partial charge in [-0.1, -0.05) is 17.7 Å². The number of Topliss-reactive ketones (excluding diaryl/α,β-unsaturated/α-hetero) is 1. The van der Waals surface area contributed by atoms with E-state index in [1.165, 1.54) is 12.1 Å². The van der Waals surface area contributed by atoms with Crippen LogP contribution in [0.4, 0.5) is 4.39 Å².